The van der Waals surface area contributed by atoms with Crippen molar-refractivity contribution in [3.8, 4) is 0 Å². The molecule has 108 valence electrons. The molecule has 0 aliphatic carbocycles. The monoisotopic (exact) mass is 303 g/mol. The van der Waals surface area contributed by atoms with Gasteiger partial charge in [0.2, 0.25) is 0 Å². The van der Waals surface area contributed by atoms with Crippen molar-refractivity contribution in [2.75, 3.05) is 0 Å². The highest BCUT2D eigenvalue weighted by Gasteiger charge is 2.11. The van der Waals surface area contributed by atoms with Gasteiger partial charge >= 0.3 is 0 Å². The molecule has 1 amide bonds. The van der Waals surface area contributed by atoms with Gasteiger partial charge in [-0.05, 0) is 32.0 Å². The van der Waals surface area contributed by atoms with E-state index in [1.165, 1.54) is 24.3 Å². The van der Waals surface area contributed by atoms with Gasteiger partial charge in [-0.3, -0.25) is 14.9 Å². The second kappa shape index (κ2) is 6.27. The Morgan fingerprint density at radius 3 is 2.71 bits per heavy atom. The molecule has 1 heterocycles. The van der Waals surface area contributed by atoms with Crippen molar-refractivity contribution in [2.24, 2.45) is 5.10 Å². The molecule has 0 atom stereocenters. The van der Waals surface area contributed by atoms with Crippen LogP contribution in [-0.4, -0.2) is 16.5 Å². The van der Waals surface area contributed by atoms with E-state index >= 15 is 0 Å². The zero-order valence-corrected chi connectivity index (χ0v) is 12.3. The fraction of sp³-hybridized carbons (Fsp3) is 0.143. The SMILES string of the molecule is CC(=NNC(=O)c1cccc([N+](=O)[O-])c1)c1ccc(C)s1. The molecule has 0 unspecified atom stereocenters. The van der Waals surface area contributed by atoms with Crippen molar-refractivity contribution in [1.29, 1.82) is 0 Å². The van der Waals surface area contributed by atoms with Gasteiger partial charge < -0.3 is 0 Å². The van der Waals surface area contributed by atoms with Crippen LogP contribution in [0.4, 0.5) is 5.69 Å². The summed E-state index contributed by atoms with van der Waals surface area (Å²) in [4.78, 5) is 24.2. The fourth-order valence-electron chi connectivity index (χ4n) is 1.64. The highest BCUT2D eigenvalue weighted by atomic mass is 32.1. The molecule has 1 N–H and O–H groups in total. The molecule has 0 spiro atoms. The van der Waals surface area contributed by atoms with Crippen molar-refractivity contribution in [2.45, 2.75) is 13.8 Å². The van der Waals surface area contributed by atoms with Crippen LogP contribution in [0.2, 0.25) is 0 Å². The number of amides is 1. The third-order valence-electron chi connectivity index (χ3n) is 2.74. The maximum absolute atomic E-state index is 11.9. The lowest BCUT2D eigenvalue weighted by molar-refractivity contribution is -0.384. The molecule has 21 heavy (non-hydrogen) atoms. The highest BCUT2D eigenvalue weighted by Crippen LogP contribution is 2.16. The lowest BCUT2D eigenvalue weighted by atomic mass is 10.2. The summed E-state index contributed by atoms with van der Waals surface area (Å²) in [6, 6.07) is 9.42. The average Bonchev–Trinajstić information content (AvgIpc) is 2.91. The Hall–Kier alpha value is -2.54. The lowest BCUT2D eigenvalue weighted by Gasteiger charge is -2.01. The number of carbonyl (C=O) groups is 1. The van der Waals surface area contributed by atoms with Crippen LogP contribution in [0.1, 0.15) is 27.0 Å². The fourth-order valence-corrected chi connectivity index (χ4v) is 2.46. The second-order valence-electron chi connectivity index (χ2n) is 4.36. The number of rotatable bonds is 4. The largest absolute Gasteiger partial charge is 0.271 e. The predicted molar refractivity (Wildman–Crippen MR) is 81.8 cm³/mol. The van der Waals surface area contributed by atoms with E-state index in [-0.39, 0.29) is 11.3 Å². The van der Waals surface area contributed by atoms with Crippen LogP contribution in [0, 0.1) is 17.0 Å². The molecule has 0 radical (unpaired) electrons. The molecule has 6 nitrogen and oxygen atoms in total. The van der Waals surface area contributed by atoms with Crippen molar-refractivity contribution in [3.05, 3.63) is 61.8 Å². The minimum atomic E-state index is -0.542. The Morgan fingerprint density at radius 2 is 2.10 bits per heavy atom. The number of nitrogens with one attached hydrogen (secondary N) is 1. The van der Waals surface area contributed by atoms with Crippen molar-refractivity contribution >= 4 is 28.6 Å². The van der Waals surface area contributed by atoms with Crippen LogP contribution < -0.4 is 5.43 Å². The number of hydrogen-bond donors (Lipinski definition) is 1. The number of hydrogen-bond acceptors (Lipinski definition) is 5. The molecule has 0 fully saturated rings. The number of carbonyl (C=O) groups excluding carboxylic acids is 1. The Kier molecular flexibility index (Phi) is 4.44. The zero-order valence-electron chi connectivity index (χ0n) is 11.5. The number of nitrogens with zero attached hydrogens (tertiary/aromatic N) is 2. The van der Waals surface area contributed by atoms with Crippen molar-refractivity contribution in [1.82, 2.24) is 5.43 Å². The minimum Gasteiger partial charge on any atom is -0.267 e. The van der Waals surface area contributed by atoms with Crippen molar-refractivity contribution in [3.63, 3.8) is 0 Å². The Morgan fingerprint density at radius 1 is 1.33 bits per heavy atom. The second-order valence-corrected chi connectivity index (χ2v) is 5.64. The molecule has 2 aromatic rings. The van der Waals surface area contributed by atoms with E-state index in [1.54, 1.807) is 18.3 Å². The van der Waals surface area contributed by atoms with Gasteiger partial charge in [0.05, 0.1) is 15.5 Å². The quantitative estimate of drug-likeness (QED) is 0.535. The number of nitro benzene ring substituents is 1. The molecule has 2 rings (SSSR count). The molecule has 0 aliphatic heterocycles. The van der Waals surface area contributed by atoms with Crippen LogP contribution in [0.5, 0.6) is 0 Å². The standard InChI is InChI=1S/C14H13N3O3S/c1-9-6-7-13(21-9)10(2)15-16-14(18)11-4-3-5-12(8-11)17(19)20/h3-8H,1-2H3,(H,16,18). The van der Waals surface area contributed by atoms with E-state index < -0.39 is 10.8 Å². The van der Waals surface area contributed by atoms with E-state index in [9.17, 15) is 14.9 Å². The van der Waals surface area contributed by atoms with Gasteiger partial charge in [-0.15, -0.1) is 11.3 Å². The van der Waals surface area contributed by atoms with Crippen LogP contribution in [0.15, 0.2) is 41.5 Å². The predicted octanol–water partition coefficient (Wildman–Crippen LogP) is 3.12. The maximum Gasteiger partial charge on any atom is 0.271 e. The number of hydrazone groups is 1. The van der Waals surface area contributed by atoms with Gasteiger partial charge in [0.15, 0.2) is 0 Å². The normalized spacial score (nSPS) is 11.2. The van der Waals surface area contributed by atoms with E-state index in [0.29, 0.717) is 5.71 Å². The van der Waals surface area contributed by atoms with Crippen molar-refractivity contribution < 1.29 is 9.72 Å². The van der Waals surface area contributed by atoms with Gasteiger partial charge in [0, 0.05) is 22.6 Å². The van der Waals surface area contributed by atoms with Crippen LogP contribution >= 0.6 is 11.3 Å². The number of benzene rings is 1. The minimum absolute atomic E-state index is 0.128. The molecular weight excluding hydrogens is 290 g/mol. The third kappa shape index (κ3) is 3.73. The van der Waals surface area contributed by atoms with E-state index in [0.717, 1.165) is 9.75 Å². The van der Waals surface area contributed by atoms with Gasteiger partial charge in [-0.2, -0.15) is 5.10 Å². The molecular formula is C14H13N3O3S. The summed E-state index contributed by atoms with van der Waals surface area (Å²) in [7, 11) is 0. The zero-order chi connectivity index (χ0) is 15.4. The first-order valence-electron chi connectivity index (χ1n) is 6.13. The third-order valence-corrected chi connectivity index (χ3v) is 3.85. The Bertz CT molecular complexity index is 722. The van der Waals surface area contributed by atoms with E-state index in [2.05, 4.69) is 10.5 Å². The van der Waals surface area contributed by atoms with Gasteiger partial charge in [0.25, 0.3) is 11.6 Å². The molecule has 0 aliphatic rings. The molecule has 0 saturated heterocycles. The first kappa shape index (κ1) is 14.9. The first-order chi connectivity index (χ1) is 9.97. The van der Waals surface area contributed by atoms with Gasteiger partial charge in [0.1, 0.15) is 0 Å². The summed E-state index contributed by atoms with van der Waals surface area (Å²) in [6.07, 6.45) is 0. The first-order valence-corrected chi connectivity index (χ1v) is 6.95. The van der Waals surface area contributed by atoms with Crippen LogP contribution in [0.25, 0.3) is 0 Å². The average molecular weight is 303 g/mol. The summed E-state index contributed by atoms with van der Waals surface area (Å²) < 4.78 is 0. The van der Waals surface area contributed by atoms with E-state index in [4.69, 9.17) is 0 Å². The number of thiophene rings is 1. The smallest absolute Gasteiger partial charge is 0.267 e. The maximum atomic E-state index is 11.9. The Labute approximate surface area is 125 Å². The number of nitro groups is 1. The summed E-state index contributed by atoms with van der Waals surface area (Å²) in [5.41, 5.74) is 3.16. The van der Waals surface area contributed by atoms with E-state index in [1.807, 2.05) is 19.1 Å². The molecule has 0 bridgehead atoms. The number of non-ortho nitro benzene ring substituents is 1. The van der Waals surface area contributed by atoms with Crippen LogP contribution in [0.3, 0.4) is 0 Å². The summed E-state index contributed by atoms with van der Waals surface area (Å²) in [6.45, 7) is 3.78. The highest BCUT2D eigenvalue weighted by molar-refractivity contribution is 7.14. The summed E-state index contributed by atoms with van der Waals surface area (Å²) >= 11 is 1.58. The molecule has 1 aromatic carbocycles. The Balaban J connectivity index is 2.11. The number of aryl methyl sites for hydroxylation is 1. The van der Waals surface area contributed by atoms with Crippen LogP contribution in [-0.2, 0) is 0 Å². The molecule has 7 heteroatoms. The van der Waals surface area contributed by atoms with Gasteiger partial charge in [-0.1, -0.05) is 6.07 Å². The van der Waals surface area contributed by atoms with Gasteiger partial charge in [-0.25, -0.2) is 5.43 Å². The lowest BCUT2D eigenvalue weighted by Crippen LogP contribution is -2.19. The summed E-state index contributed by atoms with van der Waals surface area (Å²) in [5.74, 6) is -0.480. The molecule has 0 saturated carbocycles. The molecule has 1 aromatic heterocycles. The summed E-state index contributed by atoms with van der Waals surface area (Å²) in [5, 5.41) is 14.7. The topological polar surface area (TPSA) is 84.6 Å².